The van der Waals surface area contributed by atoms with Crippen LogP contribution in [0.3, 0.4) is 0 Å². The number of fused-ring (bicyclic) bond motifs is 3. The van der Waals surface area contributed by atoms with Crippen molar-refractivity contribution in [3.05, 3.63) is 59.4 Å². The number of benzene rings is 1. The standard InChI is InChI=1S/C21H23N3O/c25-21(19-14-22-23-11-5-4-8-20(19)23)24-17-9-10-18(24)13-16(12-17)15-6-2-1-3-7-15/h1-3,6-7,12,14,17-18H,4-5,8-11,13H2/t17-,18-/m1/s1. The van der Waals surface area contributed by atoms with Gasteiger partial charge in [-0.2, -0.15) is 5.10 Å². The second-order valence-electron chi connectivity index (χ2n) is 7.46. The Balaban J connectivity index is 1.45. The van der Waals surface area contributed by atoms with Gasteiger partial charge in [-0.15, -0.1) is 0 Å². The van der Waals surface area contributed by atoms with E-state index >= 15 is 0 Å². The van der Waals surface area contributed by atoms with Crippen molar-refractivity contribution in [2.24, 2.45) is 0 Å². The van der Waals surface area contributed by atoms with Gasteiger partial charge in [0.15, 0.2) is 0 Å². The summed E-state index contributed by atoms with van der Waals surface area (Å²) < 4.78 is 2.04. The van der Waals surface area contributed by atoms with Crippen LogP contribution in [0.2, 0.25) is 0 Å². The summed E-state index contributed by atoms with van der Waals surface area (Å²) in [5.41, 5.74) is 4.69. The van der Waals surface area contributed by atoms with Gasteiger partial charge in [-0.3, -0.25) is 9.48 Å². The summed E-state index contributed by atoms with van der Waals surface area (Å²) in [6, 6.07) is 11.2. The summed E-state index contributed by atoms with van der Waals surface area (Å²) in [7, 11) is 0. The smallest absolute Gasteiger partial charge is 0.258 e. The van der Waals surface area contributed by atoms with Gasteiger partial charge in [0.05, 0.1) is 23.5 Å². The van der Waals surface area contributed by atoms with Crippen molar-refractivity contribution >= 4 is 11.5 Å². The molecule has 2 bridgehead atoms. The number of hydrogen-bond donors (Lipinski definition) is 0. The fourth-order valence-corrected chi connectivity index (χ4v) is 4.75. The van der Waals surface area contributed by atoms with E-state index in [4.69, 9.17) is 0 Å². The molecule has 128 valence electrons. The third kappa shape index (κ3) is 2.43. The lowest BCUT2D eigenvalue weighted by molar-refractivity contribution is 0.0690. The third-order valence-electron chi connectivity index (χ3n) is 5.99. The Morgan fingerprint density at radius 2 is 2.00 bits per heavy atom. The molecule has 0 radical (unpaired) electrons. The lowest BCUT2D eigenvalue weighted by atomic mass is 9.94. The number of nitrogens with zero attached hydrogens (tertiary/aromatic N) is 3. The van der Waals surface area contributed by atoms with Gasteiger partial charge in [0.25, 0.3) is 5.91 Å². The predicted octanol–water partition coefficient (Wildman–Crippen LogP) is 3.68. The van der Waals surface area contributed by atoms with E-state index in [0.717, 1.165) is 49.9 Å². The molecule has 1 aromatic carbocycles. The monoisotopic (exact) mass is 333 g/mol. The number of aryl methyl sites for hydroxylation is 1. The van der Waals surface area contributed by atoms with Gasteiger partial charge in [-0.25, -0.2) is 0 Å². The zero-order valence-electron chi connectivity index (χ0n) is 14.4. The Bertz CT molecular complexity index is 836. The molecule has 3 aliphatic rings. The highest BCUT2D eigenvalue weighted by atomic mass is 16.2. The first-order chi connectivity index (χ1) is 12.3. The van der Waals surface area contributed by atoms with Gasteiger partial charge < -0.3 is 4.90 Å². The highest BCUT2D eigenvalue weighted by molar-refractivity contribution is 5.96. The summed E-state index contributed by atoms with van der Waals surface area (Å²) in [6.07, 6.45) is 10.6. The molecule has 1 saturated heterocycles. The minimum absolute atomic E-state index is 0.194. The van der Waals surface area contributed by atoms with Gasteiger partial charge in [-0.05, 0) is 49.7 Å². The maximum atomic E-state index is 13.3. The molecule has 4 heteroatoms. The molecule has 0 unspecified atom stereocenters. The molecule has 5 rings (SSSR count). The van der Waals surface area contributed by atoms with Crippen LogP contribution >= 0.6 is 0 Å². The van der Waals surface area contributed by atoms with Gasteiger partial charge in [0.2, 0.25) is 0 Å². The van der Waals surface area contributed by atoms with E-state index in [1.165, 1.54) is 17.6 Å². The zero-order chi connectivity index (χ0) is 16.8. The van der Waals surface area contributed by atoms with E-state index in [1.54, 1.807) is 6.20 Å². The van der Waals surface area contributed by atoms with Crippen molar-refractivity contribution in [2.75, 3.05) is 0 Å². The summed E-state index contributed by atoms with van der Waals surface area (Å²) in [6.45, 7) is 0.952. The molecule has 0 spiro atoms. The van der Waals surface area contributed by atoms with Crippen LogP contribution in [0.25, 0.3) is 5.57 Å². The first-order valence-electron chi connectivity index (χ1n) is 9.45. The average Bonchev–Trinajstić information content (AvgIpc) is 3.20. The van der Waals surface area contributed by atoms with E-state index in [1.807, 2.05) is 4.68 Å². The van der Waals surface area contributed by atoms with Crippen LogP contribution in [-0.2, 0) is 13.0 Å². The lowest BCUT2D eigenvalue weighted by Gasteiger charge is -2.34. The summed E-state index contributed by atoms with van der Waals surface area (Å²) in [5.74, 6) is 0.194. The first-order valence-corrected chi connectivity index (χ1v) is 9.45. The minimum Gasteiger partial charge on any atom is -0.329 e. The van der Waals surface area contributed by atoms with Crippen LogP contribution in [0.4, 0.5) is 0 Å². The number of hydrogen-bond acceptors (Lipinski definition) is 2. The van der Waals surface area contributed by atoms with Crippen LogP contribution in [0.5, 0.6) is 0 Å². The molecule has 1 aromatic heterocycles. The molecule has 1 fully saturated rings. The fraction of sp³-hybridized carbons (Fsp3) is 0.429. The van der Waals surface area contributed by atoms with Gasteiger partial charge in [0, 0.05) is 12.6 Å². The second-order valence-corrected chi connectivity index (χ2v) is 7.46. The highest BCUT2D eigenvalue weighted by Crippen LogP contribution is 2.39. The molecule has 3 aliphatic heterocycles. The number of rotatable bonds is 2. The first kappa shape index (κ1) is 14.9. The third-order valence-corrected chi connectivity index (χ3v) is 5.99. The van der Waals surface area contributed by atoms with Crippen LogP contribution in [0, 0.1) is 0 Å². The van der Waals surface area contributed by atoms with Crippen molar-refractivity contribution < 1.29 is 4.79 Å². The molecule has 4 heterocycles. The normalized spacial score (nSPS) is 24.8. The summed E-state index contributed by atoms with van der Waals surface area (Å²) >= 11 is 0. The van der Waals surface area contributed by atoms with Gasteiger partial charge >= 0.3 is 0 Å². The topological polar surface area (TPSA) is 38.1 Å². The van der Waals surface area contributed by atoms with Crippen LogP contribution in [0.15, 0.2) is 42.6 Å². The molecular formula is C21H23N3O. The maximum Gasteiger partial charge on any atom is 0.258 e. The average molecular weight is 333 g/mol. The SMILES string of the molecule is O=C(c1cnn2c1CCCC2)N1[C@@H]2CC[C@@H]1C=C(c1ccccc1)C2. The molecule has 2 atom stereocenters. The predicted molar refractivity (Wildman–Crippen MR) is 97.2 cm³/mol. The Morgan fingerprint density at radius 3 is 2.84 bits per heavy atom. The van der Waals surface area contributed by atoms with Crippen LogP contribution in [0.1, 0.15) is 53.7 Å². The van der Waals surface area contributed by atoms with E-state index in [9.17, 15) is 4.79 Å². The van der Waals surface area contributed by atoms with E-state index in [2.05, 4.69) is 46.4 Å². The molecule has 0 aliphatic carbocycles. The van der Waals surface area contributed by atoms with Crippen molar-refractivity contribution in [1.29, 1.82) is 0 Å². The number of carbonyl (C=O) groups excluding carboxylic acids is 1. The highest BCUT2D eigenvalue weighted by Gasteiger charge is 2.41. The molecule has 0 saturated carbocycles. The second kappa shape index (κ2) is 5.87. The largest absolute Gasteiger partial charge is 0.329 e. The molecule has 0 N–H and O–H groups in total. The Morgan fingerprint density at radius 1 is 1.12 bits per heavy atom. The quantitative estimate of drug-likeness (QED) is 0.841. The van der Waals surface area contributed by atoms with Crippen molar-refractivity contribution in [1.82, 2.24) is 14.7 Å². The van der Waals surface area contributed by atoms with Crippen LogP contribution < -0.4 is 0 Å². The lowest BCUT2D eigenvalue weighted by Crippen LogP contribution is -2.43. The fourth-order valence-electron chi connectivity index (χ4n) is 4.75. The molecular weight excluding hydrogens is 310 g/mol. The molecule has 25 heavy (non-hydrogen) atoms. The van der Waals surface area contributed by atoms with E-state index < -0.39 is 0 Å². The summed E-state index contributed by atoms with van der Waals surface area (Å²) in [5, 5.41) is 4.46. The van der Waals surface area contributed by atoms with Gasteiger partial charge in [-0.1, -0.05) is 36.4 Å². The number of carbonyl (C=O) groups is 1. The van der Waals surface area contributed by atoms with E-state index in [-0.39, 0.29) is 11.9 Å². The number of amides is 1. The van der Waals surface area contributed by atoms with Crippen molar-refractivity contribution in [2.45, 2.75) is 57.2 Å². The summed E-state index contributed by atoms with van der Waals surface area (Å²) in [4.78, 5) is 15.4. The van der Waals surface area contributed by atoms with Crippen LogP contribution in [-0.4, -0.2) is 32.7 Å². The van der Waals surface area contributed by atoms with Crippen molar-refractivity contribution in [3.63, 3.8) is 0 Å². The Hall–Kier alpha value is -2.36. The Labute approximate surface area is 148 Å². The number of aromatic nitrogens is 2. The zero-order valence-corrected chi connectivity index (χ0v) is 14.4. The molecule has 1 amide bonds. The van der Waals surface area contributed by atoms with Gasteiger partial charge in [0.1, 0.15) is 0 Å². The van der Waals surface area contributed by atoms with Crippen molar-refractivity contribution in [3.8, 4) is 0 Å². The molecule has 4 nitrogen and oxygen atoms in total. The van der Waals surface area contributed by atoms with E-state index in [0.29, 0.717) is 6.04 Å². The minimum atomic E-state index is 0.194. The Kier molecular flexibility index (Phi) is 3.51. The molecule has 2 aromatic rings. The maximum absolute atomic E-state index is 13.3.